The van der Waals surface area contributed by atoms with Crippen LogP contribution >= 0.6 is 0 Å². The van der Waals surface area contributed by atoms with E-state index in [4.69, 9.17) is 0 Å². The highest BCUT2D eigenvalue weighted by Crippen LogP contribution is 2.41. The fourth-order valence-electron chi connectivity index (χ4n) is 3.13. The molecule has 0 radical (unpaired) electrons. The molecule has 0 bridgehead atoms. The normalized spacial score (nSPS) is 17.9. The topological polar surface area (TPSA) is 3.24 Å². The summed E-state index contributed by atoms with van der Waals surface area (Å²) in [6.45, 7) is 16.6. The van der Waals surface area contributed by atoms with Crippen LogP contribution in [-0.2, 0) is 0 Å². The maximum atomic E-state index is 4.27. The number of hydrogen-bond acceptors (Lipinski definition) is 1. The molecule has 0 saturated carbocycles. The van der Waals surface area contributed by atoms with Crippen LogP contribution in [0.15, 0.2) is 42.1 Å². The lowest BCUT2D eigenvalue weighted by Gasteiger charge is -2.39. The Morgan fingerprint density at radius 1 is 1.25 bits per heavy atom. The van der Waals surface area contributed by atoms with Crippen molar-refractivity contribution in [2.45, 2.75) is 47.5 Å². The minimum absolute atomic E-state index is 0.236. The second-order valence-electron chi connectivity index (χ2n) is 6.57. The Balaban J connectivity index is 2.47. The lowest BCUT2D eigenvalue weighted by molar-refractivity contribution is 0.399. The first-order chi connectivity index (χ1) is 9.36. The van der Waals surface area contributed by atoms with Crippen molar-refractivity contribution in [3.05, 3.63) is 53.3 Å². The van der Waals surface area contributed by atoms with E-state index in [1.54, 1.807) is 0 Å². The summed E-state index contributed by atoms with van der Waals surface area (Å²) < 4.78 is 0. The maximum absolute atomic E-state index is 4.27. The van der Waals surface area contributed by atoms with E-state index >= 15 is 0 Å². The van der Waals surface area contributed by atoms with Crippen LogP contribution in [-0.4, -0.2) is 6.54 Å². The molecule has 2 rings (SSSR count). The summed E-state index contributed by atoms with van der Waals surface area (Å²) in [5, 5.41) is 0. The molecule has 0 aliphatic carbocycles. The molecule has 0 atom stereocenters. The van der Waals surface area contributed by atoms with E-state index in [1.807, 2.05) is 0 Å². The van der Waals surface area contributed by atoms with Gasteiger partial charge >= 0.3 is 0 Å². The highest BCUT2D eigenvalue weighted by Gasteiger charge is 2.30. The monoisotopic (exact) mass is 269 g/mol. The molecule has 0 aromatic heterocycles. The van der Waals surface area contributed by atoms with Crippen molar-refractivity contribution in [3.63, 3.8) is 0 Å². The number of aryl methyl sites for hydroxylation is 2. The van der Waals surface area contributed by atoms with Crippen LogP contribution in [0.3, 0.4) is 0 Å². The van der Waals surface area contributed by atoms with Crippen molar-refractivity contribution in [3.8, 4) is 0 Å². The summed E-state index contributed by atoms with van der Waals surface area (Å²) in [5.41, 5.74) is 6.98. The quantitative estimate of drug-likeness (QED) is 0.711. The van der Waals surface area contributed by atoms with E-state index in [0.29, 0.717) is 0 Å². The third-order valence-corrected chi connectivity index (χ3v) is 4.53. The molecular formula is C19H27N. The van der Waals surface area contributed by atoms with Gasteiger partial charge in [-0.2, -0.15) is 0 Å². The summed E-state index contributed by atoms with van der Waals surface area (Å²) in [6.07, 6.45) is 4.53. The van der Waals surface area contributed by atoms with E-state index in [-0.39, 0.29) is 5.41 Å². The van der Waals surface area contributed by atoms with Crippen LogP contribution in [0.25, 0.3) is 0 Å². The zero-order valence-electron chi connectivity index (χ0n) is 13.6. The molecular weight excluding hydrogens is 242 g/mol. The van der Waals surface area contributed by atoms with Gasteiger partial charge < -0.3 is 4.90 Å². The first-order valence-corrected chi connectivity index (χ1v) is 7.60. The van der Waals surface area contributed by atoms with Crippen molar-refractivity contribution in [2.75, 3.05) is 11.4 Å². The highest BCUT2D eigenvalue weighted by atomic mass is 15.1. The fraction of sp³-hybridized carbons (Fsp3) is 0.474. The van der Waals surface area contributed by atoms with Crippen molar-refractivity contribution >= 4 is 5.69 Å². The standard InChI is InChI=1S/C19H27N/c1-7-14(2)17-13-20(12-11-19(17,5)6)18-15(3)9-8-10-16(18)4/h8-10,13H,2,7,11-12H2,1,3-6H3. The average Bonchev–Trinajstić information content (AvgIpc) is 2.39. The molecule has 0 N–H and O–H groups in total. The van der Waals surface area contributed by atoms with Gasteiger partial charge in [-0.15, -0.1) is 0 Å². The molecule has 1 aliphatic heterocycles. The summed E-state index contributed by atoms with van der Waals surface area (Å²) in [4.78, 5) is 2.42. The zero-order valence-corrected chi connectivity index (χ0v) is 13.6. The zero-order chi connectivity index (χ0) is 14.9. The summed E-state index contributed by atoms with van der Waals surface area (Å²) >= 11 is 0. The number of hydrogen-bond donors (Lipinski definition) is 0. The van der Waals surface area contributed by atoms with Gasteiger partial charge in [-0.05, 0) is 48.8 Å². The molecule has 0 amide bonds. The van der Waals surface area contributed by atoms with Gasteiger partial charge in [-0.1, -0.05) is 51.1 Å². The molecule has 0 unspecified atom stereocenters. The molecule has 1 heteroatoms. The maximum Gasteiger partial charge on any atom is 0.0465 e. The molecule has 1 nitrogen and oxygen atoms in total. The van der Waals surface area contributed by atoms with E-state index in [2.05, 4.69) is 70.5 Å². The van der Waals surface area contributed by atoms with E-state index in [9.17, 15) is 0 Å². The number of benzene rings is 1. The van der Waals surface area contributed by atoms with Crippen LogP contribution in [0.1, 0.15) is 44.7 Å². The number of nitrogens with zero attached hydrogens (tertiary/aromatic N) is 1. The largest absolute Gasteiger partial charge is 0.347 e. The van der Waals surface area contributed by atoms with Crippen molar-refractivity contribution in [1.29, 1.82) is 0 Å². The van der Waals surface area contributed by atoms with Crippen LogP contribution in [0.4, 0.5) is 5.69 Å². The molecule has 0 saturated heterocycles. The van der Waals surface area contributed by atoms with Gasteiger partial charge in [0.2, 0.25) is 0 Å². The SMILES string of the molecule is C=C(CC)C1=CN(c2c(C)cccc2C)CCC1(C)C. The lowest BCUT2D eigenvalue weighted by Crippen LogP contribution is -2.33. The Kier molecular flexibility index (Phi) is 4.08. The smallest absolute Gasteiger partial charge is 0.0465 e. The second-order valence-corrected chi connectivity index (χ2v) is 6.57. The van der Waals surface area contributed by atoms with Crippen molar-refractivity contribution < 1.29 is 0 Å². The highest BCUT2D eigenvalue weighted by molar-refractivity contribution is 5.62. The number of anilines is 1. The summed E-state index contributed by atoms with van der Waals surface area (Å²) in [5.74, 6) is 0. The van der Waals surface area contributed by atoms with Crippen molar-refractivity contribution in [2.24, 2.45) is 5.41 Å². The van der Waals surface area contributed by atoms with Gasteiger partial charge in [-0.25, -0.2) is 0 Å². The van der Waals surface area contributed by atoms with Crippen molar-refractivity contribution in [1.82, 2.24) is 0 Å². The molecule has 20 heavy (non-hydrogen) atoms. The summed E-state index contributed by atoms with van der Waals surface area (Å²) in [7, 11) is 0. The van der Waals surface area contributed by atoms with Crippen LogP contribution in [0.5, 0.6) is 0 Å². The van der Waals surface area contributed by atoms with Gasteiger partial charge in [0.05, 0.1) is 0 Å². The van der Waals surface area contributed by atoms with Crippen LogP contribution in [0, 0.1) is 19.3 Å². The van der Waals surface area contributed by atoms with Crippen LogP contribution < -0.4 is 4.90 Å². The van der Waals surface area contributed by atoms with Gasteiger partial charge in [0, 0.05) is 18.4 Å². The molecule has 108 valence electrons. The van der Waals surface area contributed by atoms with Gasteiger partial charge in [0.25, 0.3) is 0 Å². The Labute approximate surface area is 124 Å². The van der Waals surface area contributed by atoms with E-state index in [0.717, 1.165) is 13.0 Å². The van der Waals surface area contributed by atoms with Gasteiger partial charge in [0.1, 0.15) is 0 Å². The first-order valence-electron chi connectivity index (χ1n) is 7.60. The Morgan fingerprint density at radius 2 is 1.85 bits per heavy atom. The molecule has 1 aliphatic rings. The van der Waals surface area contributed by atoms with Gasteiger partial charge in [0.15, 0.2) is 0 Å². The van der Waals surface area contributed by atoms with Gasteiger partial charge in [-0.3, -0.25) is 0 Å². The third-order valence-electron chi connectivity index (χ3n) is 4.53. The molecule has 1 heterocycles. The summed E-state index contributed by atoms with van der Waals surface area (Å²) in [6, 6.07) is 6.53. The molecule has 0 spiro atoms. The minimum Gasteiger partial charge on any atom is -0.347 e. The molecule has 1 aromatic carbocycles. The molecule has 1 aromatic rings. The third kappa shape index (κ3) is 2.67. The predicted molar refractivity (Wildman–Crippen MR) is 89.2 cm³/mol. The lowest BCUT2D eigenvalue weighted by atomic mass is 9.75. The first kappa shape index (κ1) is 14.9. The number of allylic oxidation sites excluding steroid dienone is 2. The predicted octanol–water partition coefficient (Wildman–Crippen LogP) is 5.39. The van der Waals surface area contributed by atoms with Crippen LogP contribution in [0.2, 0.25) is 0 Å². The minimum atomic E-state index is 0.236. The number of para-hydroxylation sites is 1. The number of rotatable bonds is 3. The van der Waals surface area contributed by atoms with E-state index < -0.39 is 0 Å². The fourth-order valence-corrected chi connectivity index (χ4v) is 3.13. The molecule has 0 fully saturated rings. The average molecular weight is 269 g/mol. The second kappa shape index (κ2) is 5.47. The Bertz CT molecular complexity index is 529. The Morgan fingerprint density at radius 3 is 2.40 bits per heavy atom. The van der Waals surface area contributed by atoms with E-state index in [1.165, 1.54) is 34.4 Å². The Hall–Kier alpha value is -1.50.